The van der Waals surface area contributed by atoms with E-state index in [2.05, 4.69) is 13.8 Å². The quantitative estimate of drug-likeness (QED) is 0.271. The van der Waals surface area contributed by atoms with E-state index in [1.807, 2.05) is 19.1 Å². The van der Waals surface area contributed by atoms with Gasteiger partial charge in [0.15, 0.2) is 16.9 Å². The van der Waals surface area contributed by atoms with Crippen LogP contribution < -0.4 is 14.9 Å². The molecule has 0 N–H and O–H groups in total. The number of ether oxygens (including phenoxy) is 2. The zero-order chi connectivity index (χ0) is 27.0. The molecule has 7 heteroatoms. The lowest BCUT2D eigenvalue weighted by atomic mass is 9.97. The Balaban J connectivity index is 1.63. The van der Waals surface area contributed by atoms with E-state index in [9.17, 15) is 14.0 Å². The first-order chi connectivity index (χ1) is 18.3. The highest BCUT2D eigenvalue weighted by molar-refractivity contribution is 5.99. The van der Waals surface area contributed by atoms with Crippen molar-refractivity contribution in [3.8, 4) is 11.5 Å². The summed E-state index contributed by atoms with van der Waals surface area (Å²) in [5, 5.41) is 0.422. The molecular formula is C31H30FNO5. The minimum absolute atomic E-state index is 0.0229. The largest absolute Gasteiger partial charge is 0.493 e. The molecule has 38 heavy (non-hydrogen) atoms. The fraction of sp³-hybridized carbons (Fsp3) is 0.290. The van der Waals surface area contributed by atoms with Crippen molar-refractivity contribution in [2.75, 3.05) is 13.7 Å². The van der Waals surface area contributed by atoms with Gasteiger partial charge in [-0.05, 0) is 66.8 Å². The van der Waals surface area contributed by atoms with Crippen LogP contribution in [0.2, 0.25) is 0 Å². The maximum Gasteiger partial charge on any atom is 0.291 e. The first-order valence-electron chi connectivity index (χ1n) is 12.7. The number of nitrogens with zero attached hydrogens (tertiary/aromatic N) is 1. The topological polar surface area (TPSA) is 69.0 Å². The van der Waals surface area contributed by atoms with Crippen molar-refractivity contribution < 1.29 is 23.1 Å². The van der Waals surface area contributed by atoms with E-state index in [0.29, 0.717) is 40.6 Å². The zero-order valence-electron chi connectivity index (χ0n) is 21.9. The van der Waals surface area contributed by atoms with Crippen LogP contribution in [0.1, 0.15) is 59.1 Å². The number of hydrogen-bond donors (Lipinski definition) is 0. The molecule has 4 aromatic rings. The summed E-state index contributed by atoms with van der Waals surface area (Å²) in [6.45, 7) is 6.87. The average Bonchev–Trinajstić information content (AvgIpc) is 3.17. The van der Waals surface area contributed by atoms with Crippen LogP contribution >= 0.6 is 0 Å². The molecule has 0 aliphatic carbocycles. The van der Waals surface area contributed by atoms with E-state index >= 15 is 0 Å². The second kappa shape index (κ2) is 10.3. The Morgan fingerprint density at radius 2 is 1.76 bits per heavy atom. The molecule has 6 nitrogen and oxygen atoms in total. The first-order valence-corrected chi connectivity index (χ1v) is 12.7. The Kier molecular flexibility index (Phi) is 6.93. The monoisotopic (exact) mass is 515 g/mol. The summed E-state index contributed by atoms with van der Waals surface area (Å²) in [4.78, 5) is 29.1. The molecule has 0 saturated heterocycles. The molecule has 2 heterocycles. The van der Waals surface area contributed by atoms with Gasteiger partial charge in [-0.3, -0.25) is 9.59 Å². The van der Waals surface area contributed by atoms with Crippen LogP contribution in [0.15, 0.2) is 69.9 Å². The van der Waals surface area contributed by atoms with E-state index in [4.69, 9.17) is 13.9 Å². The maximum absolute atomic E-state index is 13.8. The van der Waals surface area contributed by atoms with Gasteiger partial charge >= 0.3 is 0 Å². The molecule has 5 rings (SSSR count). The van der Waals surface area contributed by atoms with Crippen molar-refractivity contribution in [2.24, 2.45) is 5.92 Å². The van der Waals surface area contributed by atoms with Crippen molar-refractivity contribution in [1.29, 1.82) is 0 Å². The Morgan fingerprint density at radius 1 is 1.00 bits per heavy atom. The summed E-state index contributed by atoms with van der Waals surface area (Å²) >= 11 is 0. The van der Waals surface area contributed by atoms with Crippen molar-refractivity contribution in [2.45, 2.75) is 39.8 Å². The number of aryl methyl sites for hydroxylation is 1. The molecule has 0 spiro atoms. The van der Waals surface area contributed by atoms with Gasteiger partial charge in [0.1, 0.15) is 11.4 Å². The summed E-state index contributed by atoms with van der Waals surface area (Å²) < 4.78 is 31.2. The van der Waals surface area contributed by atoms with Gasteiger partial charge < -0.3 is 18.8 Å². The minimum atomic E-state index is -0.720. The van der Waals surface area contributed by atoms with Crippen molar-refractivity contribution in [1.82, 2.24) is 4.90 Å². The van der Waals surface area contributed by atoms with Crippen LogP contribution in [0.4, 0.5) is 4.39 Å². The van der Waals surface area contributed by atoms with Gasteiger partial charge in [0.25, 0.3) is 5.91 Å². The van der Waals surface area contributed by atoms with Crippen LogP contribution in [-0.2, 0) is 6.54 Å². The number of hydrogen-bond acceptors (Lipinski definition) is 5. The van der Waals surface area contributed by atoms with Gasteiger partial charge in [-0.25, -0.2) is 4.39 Å². The molecule has 0 saturated carbocycles. The van der Waals surface area contributed by atoms with Gasteiger partial charge in [-0.15, -0.1) is 0 Å². The smallest absolute Gasteiger partial charge is 0.291 e. The Morgan fingerprint density at radius 3 is 2.47 bits per heavy atom. The van der Waals surface area contributed by atoms with Crippen LogP contribution in [0.3, 0.4) is 0 Å². The average molecular weight is 516 g/mol. The van der Waals surface area contributed by atoms with Crippen LogP contribution in [0.5, 0.6) is 11.5 Å². The Hall–Kier alpha value is -4.13. The second-order valence-corrected chi connectivity index (χ2v) is 10.1. The maximum atomic E-state index is 13.8. The molecule has 1 aliphatic heterocycles. The zero-order valence-corrected chi connectivity index (χ0v) is 21.9. The molecule has 1 aliphatic rings. The number of carbonyl (C=O) groups is 1. The summed E-state index contributed by atoms with van der Waals surface area (Å²) in [6, 6.07) is 16.0. The Bertz CT molecular complexity index is 1560. The minimum Gasteiger partial charge on any atom is -0.493 e. The number of methoxy groups -OCH3 is 1. The molecular weight excluding hydrogens is 485 g/mol. The van der Waals surface area contributed by atoms with E-state index < -0.39 is 11.9 Å². The predicted molar refractivity (Wildman–Crippen MR) is 143 cm³/mol. The first kappa shape index (κ1) is 25.5. The molecule has 0 bridgehead atoms. The Labute approximate surface area is 220 Å². The van der Waals surface area contributed by atoms with Crippen molar-refractivity contribution >= 4 is 16.9 Å². The number of benzene rings is 3. The van der Waals surface area contributed by atoms with Crippen molar-refractivity contribution in [3.63, 3.8) is 0 Å². The fourth-order valence-electron chi connectivity index (χ4n) is 4.81. The highest BCUT2D eigenvalue weighted by Gasteiger charge is 2.43. The summed E-state index contributed by atoms with van der Waals surface area (Å²) in [5.74, 6) is 0.860. The highest BCUT2D eigenvalue weighted by atomic mass is 19.1. The lowest BCUT2D eigenvalue weighted by Gasteiger charge is -2.26. The number of rotatable bonds is 8. The summed E-state index contributed by atoms with van der Waals surface area (Å²) in [5.41, 5.74) is 2.73. The van der Waals surface area contributed by atoms with E-state index in [0.717, 1.165) is 17.5 Å². The van der Waals surface area contributed by atoms with Gasteiger partial charge in [-0.1, -0.05) is 43.7 Å². The number of amides is 1. The molecule has 196 valence electrons. The van der Waals surface area contributed by atoms with Crippen LogP contribution in [0.25, 0.3) is 11.0 Å². The predicted octanol–water partition coefficient (Wildman–Crippen LogP) is 6.42. The van der Waals surface area contributed by atoms with E-state index in [-0.39, 0.29) is 29.1 Å². The molecule has 1 amide bonds. The van der Waals surface area contributed by atoms with E-state index in [1.165, 1.54) is 12.1 Å². The number of carbonyl (C=O) groups excluding carboxylic acids is 1. The second-order valence-electron chi connectivity index (χ2n) is 10.1. The molecule has 1 unspecified atom stereocenters. The molecule has 0 fully saturated rings. The molecule has 0 radical (unpaired) electrons. The number of fused-ring (bicyclic) bond motifs is 2. The van der Waals surface area contributed by atoms with Crippen molar-refractivity contribution in [3.05, 3.63) is 105 Å². The van der Waals surface area contributed by atoms with E-state index in [1.54, 1.807) is 48.4 Å². The van der Waals surface area contributed by atoms with Gasteiger partial charge in [0, 0.05) is 6.54 Å². The summed E-state index contributed by atoms with van der Waals surface area (Å²) in [6.07, 6.45) is 0.897. The van der Waals surface area contributed by atoms with Crippen LogP contribution in [-0.4, -0.2) is 24.5 Å². The third kappa shape index (κ3) is 4.76. The van der Waals surface area contributed by atoms with Gasteiger partial charge in [0.05, 0.1) is 30.7 Å². The lowest BCUT2D eigenvalue weighted by Crippen LogP contribution is -2.29. The molecule has 1 aromatic heterocycles. The van der Waals surface area contributed by atoms with Gasteiger partial charge in [-0.2, -0.15) is 0 Å². The molecule has 3 aromatic carbocycles. The normalized spacial score (nSPS) is 14.8. The fourth-order valence-corrected chi connectivity index (χ4v) is 4.81. The highest BCUT2D eigenvalue weighted by Crippen LogP contribution is 2.41. The van der Waals surface area contributed by atoms with Crippen LogP contribution in [0, 0.1) is 18.7 Å². The molecule has 1 atom stereocenters. The standard InChI is InChI=1S/C31H30FNO5/c1-18(2)13-14-37-25-12-8-21(16-26(25)36-4)28-27-29(34)23-15-19(3)5-11-24(23)38-30(27)31(35)33(28)17-20-6-9-22(32)10-7-20/h5-12,15-16,18,28H,13-14,17H2,1-4H3. The number of halogens is 1. The summed E-state index contributed by atoms with van der Waals surface area (Å²) in [7, 11) is 1.56. The van der Waals surface area contributed by atoms with Gasteiger partial charge in [0.2, 0.25) is 5.76 Å². The third-order valence-corrected chi connectivity index (χ3v) is 6.84. The SMILES string of the molecule is COc1cc(C2c3c(oc4ccc(C)cc4c3=O)C(=O)N2Cc2ccc(F)cc2)ccc1OCCC(C)C. The third-order valence-electron chi connectivity index (χ3n) is 6.84. The lowest BCUT2D eigenvalue weighted by molar-refractivity contribution is 0.0714.